The number of ether oxygens (including phenoxy) is 2. The number of carbonyl (C=O) groups excluding carboxylic acids is 2. The van der Waals surface area contributed by atoms with Gasteiger partial charge in [0.15, 0.2) is 5.78 Å². The van der Waals surface area contributed by atoms with Gasteiger partial charge in [0.1, 0.15) is 5.75 Å². The summed E-state index contributed by atoms with van der Waals surface area (Å²) in [7, 11) is 2.91. The predicted molar refractivity (Wildman–Crippen MR) is 109 cm³/mol. The summed E-state index contributed by atoms with van der Waals surface area (Å²) >= 11 is 0. The summed E-state index contributed by atoms with van der Waals surface area (Å²) in [5.41, 5.74) is 1.12. The van der Waals surface area contributed by atoms with E-state index in [2.05, 4.69) is 0 Å². The van der Waals surface area contributed by atoms with Gasteiger partial charge < -0.3 is 9.47 Å². The fourth-order valence-electron chi connectivity index (χ4n) is 3.58. The molecule has 4 rings (SSSR count). The molecular weight excluding hydrogens is 352 g/mol. The Balaban J connectivity index is 2.03. The van der Waals surface area contributed by atoms with Gasteiger partial charge in [-0.1, -0.05) is 54.6 Å². The fourth-order valence-corrected chi connectivity index (χ4v) is 3.58. The van der Waals surface area contributed by atoms with E-state index in [1.54, 1.807) is 25.3 Å². The van der Waals surface area contributed by atoms with E-state index in [1.807, 2.05) is 54.6 Å². The van der Waals surface area contributed by atoms with E-state index in [0.717, 1.165) is 21.5 Å². The molecule has 0 N–H and O–H groups in total. The largest absolute Gasteiger partial charge is 0.496 e. The van der Waals surface area contributed by atoms with Crippen LogP contribution >= 0.6 is 0 Å². The highest BCUT2D eigenvalue weighted by molar-refractivity contribution is 6.25. The Labute approximate surface area is 162 Å². The SMILES string of the molecule is COC(=O)c1ccc2ccccc2c1C(=O)c1ccc(OC)c2ccccc12. The molecule has 0 atom stereocenters. The molecule has 0 radical (unpaired) electrons. The second-order valence-corrected chi connectivity index (χ2v) is 6.39. The van der Waals surface area contributed by atoms with E-state index in [-0.39, 0.29) is 11.3 Å². The molecule has 4 nitrogen and oxygen atoms in total. The molecule has 0 aliphatic heterocycles. The monoisotopic (exact) mass is 370 g/mol. The van der Waals surface area contributed by atoms with Gasteiger partial charge in [-0.25, -0.2) is 4.79 Å². The lowest BCUT2D eigenvalue weighted by Crippen LogP contribution is -2.12. The van der Waals surface area contributed by atoms with Crippen LogP contribution in [0.3, 0.4) is 0 Å². The lowest BCUT2D eigenvalue weighted by molar-refractivity contribution is 0.0598. The van der Waals surface area contributed by atoms with E-state index < -0.39 is 5.97 Å². The first-order chi connectivity index (χ1) is 13.7. The molecule has 138 valence electrons. The van der Waals surface area contributed by atoms with Crippen LogP contribution in [-0.4, -0.2) is 26.0 Å². The van der Waals surface area contributed by atoms with Gasteiger partial charge in [-0.2, -0.15) is 0 Å². The van der Waals surface area contributed by atoms with Gasteiger partial charge in [0, 0.05) is 16.5 Å². The van der Waals surface area contributed by atoms with Gasteiger partial charge in [-0.3, -0.25) is 4.79 Å². The molecule has 28 heavy (non-hydrogen) atoms. The van der Waals surface area contributed by atoms with Crippen LogP contribution < -0.4 is 4.74 Å². The van der Waals surface area contributed by atoms with Crippen molar-refractivity contribution in [3.8, 4) is 5.75 Å². The van der Waals surface area contributed by atoms with Crippen LogP contribution in [0.25, 0.3) is 21.5 Å². The number of fused-ring (bicyclic) bond motifs is 2. The summed E-state index contributed by atoms with van der Waals surface area (Å²) in [6, 6.07) is 22.1. The van der Waals surface area contributed by atoms with Crippen molar-refractivity contribution in [3.05, 3.63) is 89.5 Å². The highest BCUT2D eigenvalue weighted by Crippen LogP contribution is 2.32. The summed E-state index contributed by atoms with van der Waals surface area (Å²) in [6.45, 7) is 0. The van der Waals surface area contributed by atoms with Gasteiger partial charge in [0.05, 0.1) is 19.8 Å². The third kappa shape index (κ3) is 2.79. The lowest BCUT2D eigenvalue weighted by Gasteiger charge is -2.14. The van der Waals surface area contributed by atoms with Crippen LogP contribution in [0.4, 0.5) is 0 Å². The van der Waals surface area contributed by atoms with Gasteiger partial charge in [-0.05, 0) is 34.4 Å². The number of rotatable bonds is 4. The van der Waals surface area contributed by atoms with Crippen molar-refractivity contribution < 1.29 is 19.1 Å². The third-order valence-electron chi connectivity index (χ3n) is 4.91. The van der Waals surface area contributed by atoms with Crippen LogP contribution in [0.2, 0.25) is 0 Å². The molecule has 0 aliphatic rings. The number of ketones is 1. The van der Waals surface area contributed by atoms with Crippen molar-refractivity contribution >= 4 is 33.3 Å². The maximum atomic E-state index is 13.7. The first-order valence-electron chi connectivity index (χ1n) is 8.86. The number of methoxy groups -OCH3 is 2. The highest BCUT2D eigenvalue weighted by Gasteiger charge is 2.23. The minimum atomic E-state index is -0.535. The molecular formula is C24H18O4. The lowest BCUT2D eigenvalue weighted by atomic mass is 9.90. The number of hydrogen-bond acceptors (Lipinski definition) is 4. The Hall–Kier alpha value is -3.66. The highest BCUT2D eigenvalue weighted by atomic mass is 16.5. The molecule has 0 saturated heterocycles. The van der Waals surface area contributed by atoms with E-state index in [0.29, 0.717) is 16.9 Å². The zero-order chi connectivity index (χ0) is 19.7. The van der Waals surface area contributed by atoms with Crippen LogP contribution in [-0.2, 0) is 4.74 Å². The van der Waals surface area contributed by atoms with Gasteiger partial charge in [0.2, 0.25) is 0 Å². The number of benzene rings is 4. The van der Waals surface area contributed by atoms with E-state index in [4.69, 9.17) is 9.47 Å². The summed E-state index contributed by atoms with van der Waals surface area (Å²) < 4.78 is 10.4. The van der Waals surface area contributed by atoms with Crippen LogP contribution in [0.5, 0.6) is 5.75 Å². The molecule has 0 amide bonds. The second-order valence-electron chi connectivity index (χ2n) is 6.39. The van der Waals surface area contributed by atoms with Crippen molar-refractivity contribution in [2.45, 2.75) is 0 Å². The predicted octanol–water partition coefficient (Wildman–Crippen LogP) is 5.02. The molecule has 0 fully saturated rings. The Morgan fingerprint density at radius 1 is 0.679 bits per heavy atom. The molecule has 0 unspecified atom stereocenters. The smallest absolute Gasteiger partial charge is 0.338 e. The quantitative estimate of drug-likeness (QED) is 0.374. The third-order valence-corrected chi connectivity index (χ3v) is 4.91. The average molecular weight is 370 g/mol. The summed E-state index contributed by atoms with van der Waals surface area (Å²) in [5.74, 6) is -0.0683. The first kappa shape index (κ1) is 17.7. The van der Waals surface area contributed by atoms with E-state index in [9.17, 15) is 9.59 Å². The Kier molecular flexibility index (Phi) is 4.53. The Bertz CT molecular complexity index is 1220. The van der Waals surface area contributed by atoms with Crippen molar-refractivity contribution in [2.75, 3.05) is 14.2 Å². The second kappa shape index (κ2) is 7.16. The van der Waals surface area contributed by atoms with Crippen LogP contribution in [0, 0.1) is 0 Å². The average Bonchev–Trinajstić information content (AvgIpc) is 2.76. The molecule has 0 saturated carbocycles. The molecule has 0 aromatic heterocycles. The maximum Gasteiger partial charge on any atom is 0.338 e. The molecule has 0 bridgehead atoms. The fraction of sp³-hybridized carbons (Fsp3) is 0.0833. The molecule has 4 aromatic rings. The van der Waals surface area contributed by atoms with Crippen molar-refractivity contribution in [1.29, 1.82) is 0 Å². The summed E-state index contributed by atoms with van der Waals surface area (Å²) in [6.07, 6.45) is 0. The molecule has 0 aliphatic carbocycles. The molecule has 4 aromatic carbocycles. The van der Waals surface area contributed by atoms with Gasteiger partial charge in [-0.15, -0.1) is 0 Å². The number of esters is 1. The minimum absolute atomic E-state index is 0.226. The van der Waals surface area contributed by atoms with E-state index in [1.165, 1.54) is 7.11 Å². The molecule has 0 spiro atoms. The molecule has 0 heterocycles. The van der Waals surface area contributed by atoms with Crippen molar-refractivity contribution in [1.82, 2.24) is 0 Å². The summed E-state index contributed by atoms with van der Waals surface area (Å²) in [4.78, 5) is 26.0. The van der Waals surface area contributed by atoms with Crippen LogP contribution in [0.1, 0.15) is 26.3 Å². The Morgan fingerprint density at radius 3 is 2.04 bits per heavy atom. The van der Waals surface area contributed by atoms with E-state index >= 15 is 0 Å². The minimum Gasteiger partial charge on any atom is -0.496 e. The van der Waals surface area contributed by atoms with Crippen molar-refractivity contribution in [3.63, 3.8) is 0 Å². The number of hydrogen-bond donors (Lipinski definition) is 0. The topological polar surface area (TPSA) is 52.6 Å². The van der Waals surface area contributed by atoms with Crippen LogP contribution in [0.15, 0.2) is 72.8 Å². The Morgan fingerprint density at radius 2 is 1.32 bits per heavy atom. The van der Waals surface area contributed by atoms with Gasteiger partial charge in [0.25, 0.3) is 0 Å². The number of carbonyl (C=O) groups is 2. The maximum absolute atomic E-state index is 13.7. The normalized spacial score (nSPS) is 10.8. The van der Waals surface area contributed by atoms with Gasteiger partial charge >= 0.3 is 5.97 Å². The molecule has 4 heteroatoms. The zero-order valence-electron chi connectivity index (χ0n) is 15.6. The standard InChI is InChI=1S/C24H18O4/c1-27-21-14-13-19(17-9-5-6-10-18(17)21)23(25)22-16-8-4-3-7-15(16)11-12-20(22)24(26)28-2/h3-14H,1-2H3. The zero-order valence-corrected chi connectivity index (χ0v) is 15.6. The van der Waals surface area contributed by atoms with Crippen molar-refractivity contribution in [2.24, 2.45) is 0 Å². The first-order valence-corrected chi connectivity index (χ1v) is 8.86. The summed E-state index contributed by atoms with van der Waals surface area (Å²) in [5, 5.41) is 3.22.